The SMILES string of the molecule is CC1(C)CC(OC(=O)Cl)CC(C)(C)N1[O]. The molecule has 5 heteroatoms. The van der Waals surface area contributed by atoms with Gasteiger partial charge < -0.3 is 4.74 Å². The second-order valence-corrected chi connectivity index (χ2v) is 5.61. The van der Waals surface area contributed by atoms with E-state index in [0.29, 0.717) is 12.8 Å². The summed E-state index contributed by atoms with van der Waals surface area (Å²) < 4.78 is 4.97. The van der Waals surface area contributed by atoms with Gasteiger partial charge in [0.2, 0.25) is 0 Å². The van der Waals surface area contributed by atoms with Crippen LogP contribution in [0.3, 0.4) is 0 Å². The van der Waals surface area contributed by atoms with Crippen LogP contribution in [-0.2, 0) is 9.94 Å². The van der Waals surface area contributed by atoms with Crippen LogP contribution in [0.4, 0.5) is 4.79 Å². The Balaban J connectivity index is 2.79. The zero-order valence-corrected chi connectivity index (χ0v) is 10.3. The number of rotatable bonds is 1. The van der Waals surface area contributed by atoms with Crippen LogP contribution >= 0.6 is 11.6 Å². The fraction of sp³-hybridized carbons (Fsp3) is 0.900. The van der Waals surface area contributed by atoms with E-state index >= 15 is 0 Å². The highest BCUT2D eigenvalue weighted by Crippen LogP contribution is 2.38. The van der Waals surface area contributed by atoms with Gasteiger partial charge in [-0.3, -0.25) is 0 Å². The third kappa shape index (κ3) is 2.83. The predicted octanol–water partition coefficient (Wildman–Crippen LogP) is 2.73. The van der Waals surface area contributed by atoms with E-state index < -0.39 is 16.5 Å². The number of nitrogens with zero attached hydrogens (tertiary/aromatic N) is 1. The average molecular weight is 235 g/mol. The molecule has 0 aromatic carbocycles. The molecule has 1 aliphatic heterocycles. The van der Waals surface area contributed by atoms with Crippen LogP contribution in [0.5, 0.6) is 0 Å². The van der Waals surface area contributed by atoms with E-state index in [1.165, 1.54) is 0 Å². The van der Waals surface area contributed by atoms with Gasteiger partial charge in [-0.2, -0.15) is 0 Å². The lowest BCUT2D eigenvalue weighted by Gasteiger charge is -2.49. The van der Waals surface area contributed by atoms with E-state index in [-0.39, 0.29) is 6.10 Å². The van der Waals surface area contributed by atoms with Crippen LogP contribution in [0, 0.1) is 0 Å². The topological polar surface area (TPSA) is 49.4 Å². The maximum absolute atomic E-state index is 11.9. The molecule has 15 heavy (non-hydrogen) atoms. The Bertz CT molecular complexity index is 247. The van der Waals surface area contributed by atoms with E-state index in [4.69, 9.17) is 16.3 Å². The van der Waals surface area contributed by atoms with Crippen molar-refractivity contribution < 1.29 is 14.7 Å². The summed E-state index contributed by atoms with van der Waals surface area (Å²) in [6.07, 6.45) is 0.752. The summed E-state index contributed by atoms with van der Waals surface area (Å²) in [6, 6.07) is 0. The molecule has 1 fully saturated rings. The Kier molecular flexibility index (Phi) is 3.33. The molecule has 0 aromatic heterocycles. The van der Waals surface area contributed by atoms with Crippen LogP contribution in [0.1, 0.15) is 40.5 Å². The van der Waals surface area contributed by atoms with Gasteiger partial charge in [-0.25, -0.2) is 4.79 Å². The quantitative estimate of drug-likeness (QED) is 0.656. The molecule has 87 valence electrons. The van der Waals surface area contributed by atoms with E-state index in [1.54, 1.807) is 0 Å². The molecule has 0 atom stereocenters. The van der Waals surface area contributed by atoms with Crippen LogP contribution in [0.25, 0.3) is 0 Å². The highest BCUT2D eigenvalue weighted by molar-refractivity contribution is 6.61. The van der Waals surface area contributed by atoms with Crippen LogP contribution < -0.4 is 0 Å². The van der Waals surface area contributed by atoms with Gasteiger partial charge in [0, 0.05) is 35.5 Å². The standard InChI is InChI=1S/C10H17ClNO3/c1-9(2)5-7(15-8(11)13)6-10(3,4)12(9)14/h7H,5-6H2,1-4H3. The number of carbonyl (C=O) groups is 1. The molecule has 0 bridgehead atoms. The molecule has 4 nitrogen and oxygen atoms in total. The third-order valence-electron chi connectivity index (χ3n) is 2.81. The first kappa shape index (κ1) is 12.7. The van der Waals surface area contributed by atoms with Crippen molar-refractivity contribution in [1.82, 2.24) is 5.06 Å². The first-order valence-corrected chi connectivity index (χ1v) is 5.36. The van der Waals surface area contributed by atoms with Crippen molar-refractivity contribution in [2.75, 3.05) is 0 Å². The Morgan fingerprint density at radius 2 is 1.67 bits per heavy atom. The summed E-state index contributed by atoms with van der Waals surface area (Å²) in [7, 11) is 0. The molecular formula is C10H17ClNO3. The lowest BCUT2D eigenvalue weighted by Crippen LogP contribution is -2.59. The second-order valence-electron chi connectivity index (χ2n) is 5.30. The van der Waals surface area contributed by atoms with E-state index in [1.807, 2.05) is 27.7 Å². The first-order valence-electron chi connectivity index (χ1n) is 4.99. The summed E-state index contributed by atoms with van der Waals surface area (Å²) in [5, 5.41) is 13.0. The zero-order chi connectivity index (χ0) is 11.9. The highest BCUT2D eigenvalue weighted by Gasteiger charge is 2.47. The Labute approximate surface area is 95.1 Å². The Morgan fingerprint density at radius 1 is 1.27 bits per heavy atom. The maximum atomic E-state index is 11.9. The van der Waals surface area contributed by atoms with E-state index in [0.717, 1.165) is 5.06 Å². The normalized spacial score (nSPS) is 26.3. The molecule has 0 amide bonds. The largest absolute Gasteiger partial charge is 0.450 e. The van der Waals surface area contributed by atoms with Crippen molar-refractivity contribution in [3.63, 3.8) is 0 Å². The number of halogens is 1. The molecule has 1 saturated heterocycles. The van der Waals surface area contributed by atoms with Gasteiger partial charge in [-0.1, -0.05) is 0 Å². The van der Waals surface area contributed by atoms with Crippen LogP contribution in [0.15, 0.2) is 0 Å². The molecule has 0 aliphatic carbocycles. The summed E-state index contributed by atoms with van der Waals surface area (Å²) >= 11 is 5.18. The van der Waals surface area contributed by atoms with Gasteiger partial charge in [0.25, 0.3) is 0 Å². The molecule has 0 saturated carbocycles. The maximum Gasteiger partial charge on any atom is 0.404 e. The van der Waals surface area contributed by atoms with Gasteiger partial charge in [-0.15, -0.1) is 10.3 Å². The minimum atomic E-state index is -0.800. The van der Waals surface area contributed by atoms with Crippen molar-refractivity contribution in [2.45, 2.75) is 57.7 Å². The highest BCUT2D eigenvalue weighted by atomic mass is 35.5. The summed E-state index contributed by atoms with van der Waals surface area (Å²) in [5.41, 5.74) is -1.86. The van der Waals surface area contributed by atoms with E-state index in [2.05, 4.69) is 0 Å². The molecule has 0 N–H and O–H groups in total. The van der Waals surface area contributed by atoms with Crippen molar-refractivity contribution in [1.29, 1.82) is 0 Å². The van der Waals surface area contributed by atoms with Crippen molar-refractivity contribution >= 4 is 17.0 Å². The molecule has 0 aromatic rings. The van der Waals surface area contributed by atoms with Crippen molar-refractivity contribution in [2.24, 2.45) is 0 Å². The van der Waals surface area contributed by atoms with Gasteiger partial charge in [-0.05, 0) is 27.7 Å². The minimum Gasteiger partial charge on any atom is -0.450 e. The van der Waals surface area contributed by atoms with Gasteiger partial charge in [0.1, 0.15) is 6.10 Å². The molecule has 1 radical (unpaired) electrons. The minimum absolute atomic E-state index is 0.273. The fourth-order valence-electron chi connectivity index (χ4n) is 2.39. The van der Waals surface area contributed by atoms with Gasteiger partial charge in [0.15, 0.2) is 0 Å². The molecule has 1 heterocycles. The lowest BCUT2D eigenvalue weighted by molar-refractivity contribution is -0.297. The second kappa shape index (κ2) is 3.92. The summed E-state index contributed by atoms with van der Waals surface area (Å²) in [4.78, 5) is 10.7. The van der Waals surface area contributed by atoms with E-state index in [9.17, 15) is 10.0 Å². The number of carbonyl (C=O) groups excluding carboxylic acids is 1. The number of ether oxygens (including phenoxy) is 1. The summed E-state index contributed by atoms with van der Waals surface area (Å²) in [6.45, 7) is 7.37. The number of hydroxylamine groups is 2. The summed E-state index contributed by atoms with van der Waals surface area (Å²) in [5.74, 6) is 0. The molecule has 1 aliphatic rings. The molecular weight excluding hydrogens is 218 g/mol. The fourth-order valence-corrected chi connectivity index (χ4v) is 2.51. The Hall–Kier alpha value is -0.320. The number of piperidine rings is 1. The monoisotopic (exact) mass is 234 g/mol. The number of hydrogen-bond acceptors (Lipinski definition) is 3. The van der Waals surface area contributed by atoms with Crippen molar-refractivity contribution in [3.05, 3.63) is 0 Å². The number of hydrogen-bond donors (Lipinski definition) is 0. The Morgan fingerprint density at radius 3 is 2.00 bits per heavy atom. The van der Waals surface area contributed by atoms with Crippen LogP contribution in [0.2, 0.25) is 0 Å². The molecule has 1 rings (SSSR count). The van der Waals surface area contributed by atoms with Gasteiger partial charge in [0.05, 0.1) is 0 Å². The molecule has 0 spiro atoms. The van der Waals surface area contributed by atoms with Crippen LogP contribution in [-0.4, -0.2) is 27.7 Å². The third-order valence-corrected chi connectivity index (χ3v) is 2.90. The smallest absolute Gasteiger partial charge is 0.404 e. The first-order chi connectivity index (χ1) is 6.65. The predicted molar refractivity (Wildman–Crippen MR) is 56.0 cm³/mol. The zero-order valence-electron chi connectivity index (χ0n) is 9.54. The lowest BCUT2D eigenvalue weighted by atomic mass is 9.80. The average Bonchev–Trinajstić information content (AvgIpc) is 1.97. The molecule has 0 unspecified atom stereocenters. The van der Waals surface area contributed by atoms with Crippen molar-refractivity contribution in [3.8, 4) is 0 Å². The van der Waals surface area contributed by atoms with Gasteiger partial charge >= 0.3 is 5.43 Å².